The van der Waals surface area contributed by atoms with E-state index in [1.54, 1.807) is 24.3 Å². The van der Waals surface area contributed by atoms with E-state index in [1.807, 2.05) is 6.92 Å². The highest BCUT2D eigenvalue weighted by Gasteiger charge is 2.26. The van der Waals surface area contributed by atoms with Crippen LogP contribution in [0.2, 0.25) is 0 Å². The lowest BCUT2D eigenvalue weighted by atomic mass is 10.1. The van der Waals surface area contributed by atoms with Crippen LogP contribution in [0.25, 0.3) is 0 Å². The first-order valence-electron chi connectivity index (χ1n) is 9.22. The molecule has 1 rings (SSSR count). The summed E-state index contributed by atoms with van der Waals surface area (Å²) >= 11 is 0. The Morgan fingerprint density at radius 1 is 1.21 bits per heavy atom. The van der Waals surface area contributed by atoms with Crippen molar-refractivity contribution < 1.29 is 23.1 Å². The third-order valence-corrected chi connectivity index (χ3v) is 5.54. The number of rotatable bonds is 12. The van der Waals surface area contributed by atoms with Crippen LogP contribution in [0.4, 0.5) is 0 Å². The molecule has 0 spiro atoms. The van der Waals surface area contributed by atoms with Crippen LogP contribution in [0.3, 0.4) is 0 Å². The highest BCUT2D eigenvalue weighted by molar-refractivity contribution is 7.89. The van der Waals surface area contributed by atoms with Crippen molar-refractivity contribution in [3.05, 3.63) is 35.4 Å². The molecule has 0 saturated heterocycles. The molecule has 0 aliphatic heterocycles. The van der Waals surface area contributed by atoms with Gasteiger partial charge in [-0.15, -0.1) is 0 Å². The number of carbonyl (C=O) groups excluding carboxylic acids is 2. The van der Waals surface area contributed by atoms with Gasteiger partial charge in [-0.2, -0.15) is 0 Å². The third-order valence-electron chi connectivity index (χ3n) is 4.07. The van der Waals surface area contributed by atoms with E-state index in [1.165, 1.54) is 6.92 Å². The molecule has 0 bridgehead atoms. The number of nitrogens with two attached hydrogens (primary N) is 1. The molecule has 0 aromatic heterocycles. The Labute approximate surface area is 170 Å². The number of nitrogen functional groups attached to an aromatic ring is 1. The Kier molecular flexibility index (Phi) is 9.72. The van der Waals surface area contributed by atoms with Crippen molar-refractivity contribution in [2.24, 2.45) is 5.73 Å². The SMILES string of the molecule is CCCCS(=O)(=O)NC(CO)C(=O)NC(C)C(=O)NCc1ccc(C(=N)N)cc1. The summed E-state index contributed by atoms with van der Waals surface area (Å²) in [6, 6.07) is 4.44. The summed E-state index contributed by atoms with van der Waals surface area (Å²) in [5, 5.41) is 21.7. The quantitative estimate of drug-likeness (QED) is 0.187. The Hall–Kier alpha value is -2.50. The molecule has 7 N–H and O–H groups in total. The molecule has 0 heterocycles. The van der Waals surface area contributed by atoms with Gasteiger partial charge in [0.2, 0.25) is 21.8 Å². The molecule has 0 aliphatic carbocycles. The smallest absolute Gasteiger partial charge is 0.242 e. The van der Waals surface area contributed by atoms with Gasteiger partial charge in [-0.25, -0.2) is 13.1 Å². The predicted molar refractivity (Wildman–Crippen MR) is 110 cm³/mol. The van der Waals surface area contributed by atoms with Crippen LogP contribution in [0.15, 0.2) is 24.3 Å². The summed E-state index contributed by atoms with van der Waals surface area (Å²) in [6.07, 6.45) is 1.10. The molecule has 2 atom stereocenters. The Morgan fingerprint density at radius 3 is 2.34 bits per heavy atom. The number of amides is 2. The Balaban J connectivity index is 2.57. The number of sulfonamides is 1. The van der Waals surface area contributed by atoms with Gasteiger partial charge in [-0.1, -0.05) is 37.6 Å². The Morgan fingerprint density at radius 2 is 1.83 bits per heavy atom. The van der Waals surface area contributed by atoms with Gasteiger partial charge in [-0.05, 0) is 18.9 Å². The van der Waals surface area contributed by atoms with E-state index in [0.29, 0.717) is 18.4 Å². The second-order valence-corrected chi connectivity index (χ2v) is 8.46. The molecular weight excluding hydrogens is 398 g/mol. The molecule has 162 valence electrons. The molecule has 0 saturated carbocycles. The van der Waals surface area contributed by atoms with Gasteiger partial charge in [0.25, 0.3) is 0 Å². The molecule has 11 heteroatoms. The third kappa shape index (κ3) is 8.59. The largest absolute Gasteiger partial charge is 0.394 e. The van der Waals surface area contributed by atoms with Gasteiger partial charge in [0.15, 0.2) is 0 Å². The van der Waals surface area contributed by atoms with E-state index in [0.717, 1.165) is 5.56 Å². The monoisotopic (exact) mass is 427 g/mol. The molecule has 29 heavy (non-hydrogen) atoms. The fourth-order valence-electron chi connectivity index (χ4n) is 2.31. The first-order valence-corrected chi connectivity index (χ1v) is 10.9. The van der Waals surface area contributed by atoms with Gasteiger partial charge >= 0.3 is 0 Å². The lowest BCUT2D eigenvalue weighted by Crippen LogP contribution is -2.54. The van der Waals surface area contributed by atoms with E-state index in [9.17, 15) is 23.1 Å². The molecular formula is C18H29N5O5S. The van der Waals surface area contributed by atoms with Crippen molar-refractivity contribution in [3.63, 3.8) is 0 Å². The van der Waals surface area contributed by atoms with Crippen LogP contribution >= 0.6 is 0 Å². The second-order valence-electron chi connectivity index (χ2n) is 6.58. The van der Waals surface area contributed by atoms with Gasteiger partial charge in [-0.3, -0.25) is 15.0 Å². The highest BCUT2D eigenvalue weighted by Crippen LogP contribution is 2.04. The van der Waals surface area contributed by atoms with Gasteiger partial charge < -0.3 is 21.5 Å². The van der Waals surface area contributed by atoms with Gasteiger partial charge in [0.05, 0.1) is 12.4 Å². The molecule has 0 aliphatic rings. The average molecular weight is 428 g/mol. The topological polar surface area (TPSA) is 174 Å². The van der Waals surface area contributed by atoms with Crippen molar-refractivity contribution in [1.29, 1.82) is 5.41 Å². The summed E-state index contributed by atoms with van der Waals surface area (Å²) in [7, 11) is -3.71. The van der Waals surface area contributed by atoms with Crippen molar-refractivity contribution >= 4 is 27.7 Å². The maximum Gasteiger partial charge on any atom is 0.242 e. The van der Waals surface area contributed by atoms with Crippen LogP contribution in [0.1, 0.15) is 37.8 Å². The van der Waals surface area contributed by atoms with Crippen molar-refractivity contribution in [2.45, 2.75) is 45.3 Å². The van der Waals surface area contributed by atoms with E-state index in [2.05, 4.69) is 15.4 Å². The number of aliphatic hydroxyl groups is 1. The zero-order valence-corrected chi connectivity index (χ0v) is 17.4. The first-order chi connectivity index (χ1) is 13.6. The number of amidine groups is 1. The molecule has 1 aromatic rings. The lowest BCUT2D eigenvalue weighted by molar-refractivity contribution is -0.130. The summed E-state index contributed by atoms with van der Waals surface area (Å²) in [4.78, 5) is 24.4. The standard InChI is InChI=1S/C18H29N5O5S/c1-3-4-9-29(27,28)23-15(11-24)18(26)22-12(2)17(25)21-10-13-5-7-14(8-6-13)16(19)20/h5-8,12,15,23-24H,3-4,9-11H2,1-2H3,(H3,19,20)(H,21,25)(H,22,26). The van der Waals surface area contributed by atoms with Crippen molar-refractivity contribution in [2.75, 3.05) is 12.4 Å². The molecule has 2 amide bonds. The van der Waals surface area contributed by atoms with Crippen LogP contribution in [-0.2, 0) is 26.2 Å². The fourth-order valence-corrected chi connectivity index (χ4v) is 3.71. The summed E-state index contributed by atoms with van der Waals surface area (Å²) in [6.45, 7) is 2.76. The molecule has 1 aromatic carbocycles. The predicted octanol–water partition coefficient (Wildman–Crippen LogP) is -0.828. The minimum atomic E-state index is -3.71. The Bertz CT molecular complexity index is 810. The van der Waals surface area contributed by atoms with Crippen molar-refractivity contribution in [3.8, 4) is 0 Å². The van der Waals surface area contributed by atoms with Crippen LogP contribution < -0.4 is 21.1 Å². The first kappa shape index (κ1) is 24.5. The summed E-state index contributed by atoms with van der Waals surface area (Å²) in [5.74, 6) is -1.47. The summed E-state index contributed by atoms with van der Waals surface area (Å²) in [5.41, 5.74) is 6.73. The number of nitrogens with one attached hydrogen (secondary N) is 4. The molecule has 0 radical (unpaired) electrons. The number of benzene rings is 1. The fraction of sp³-hybridized carbons (Fsp3) is 0.500. The normalized spacial score (nSPS) is 13.3. The number of aliphatic hydroxyl groups excluding tert-OH is 1. The zero-order valence-electron chi connectivity index (χ0n) is 16.6. The zero-order chi connectivity index (χ0) is 22.0. The number of hydrogen-bond acceptors (Lipinski definition) is 6. The summed E-state index contributed by atoms with van der Waals surface area (Å²) < 4.78 is 26.0. The van der Waals surface area contributed by atoms with Gasteiger partial charge in [0, 0.05) is 12.1 Å². The number of hydrogen-bond donors (Lipinski definition) is 6. The van der Waals surface area contributed by atoms with Crippen molar-refractivity contribution in [1.82, 2.24) is 15.4 Å². The average Bonchev–Trinajstić information content (AvgIpc) is 2.68. The molecule has 2 unspecified atom stereocenters. The van der Waals surface area contributed by atoms with Crippen LogP contribution in [0, 0.1) is 5.41 Å². The lowest BCUT2D eigenvalue weighted by Gasteiger charge is -2.19. The minimum absolute atomic E-state index is 0.0549. The van der Waals surface area contributed by atoms with Gasteiger partial charge in [0.1, 0.15) is 17.9 Å². The van der Waals surface area contributed by atoms with E-state index < -0.39 is 40.5 Å². The number of unbranched alkanes of at least 4 members (excludes halogenated alkanes) is 1. The van der Waals surface area contributed by atoms with E-state index in [-0.39, 0.29) is 18.1 Å². The van der Waals surface area contributed by atoms with E-state index in [4.69, 9.17) is 11.1 Å². The van der Waals surface area contributed by atoms with E-state index >= 15 is 0 Å². The molecule has 10 nitrogen and oxygen atoms in total. The highest BCUT2D eigenvalue weighted by atomic mass is 32.2. The molecule has 0 fully saturated rings. The minimum Gasteiger partial charge on any atom is -0.394 e. The van der Waals surface area contributed by atoms with Crippen LogP contribution in [-0.4, -0.2) is 55.6 Å². The second kappa shape index (κ2) is 11.5. The maximum atomic E-state index is 12.2. The van der Waals surface area contributed by atoms with Crippen LogP contribution in [0.5, 0.6) is 0 Å². The maximum absolute atomic E-state index is 12.2. The number of carbonyl (C=O) groups is 2.